The number of halogens is 2. The number of hydrogen-bond acceptors (Lipinski definition) is 2. The third-order valence-electron chi connectivity index (χ3n) is 4.15. The quantitative estimate of drug-likeness (QED) is 0.919. The molecule has 2 nitrogen and oxygen atoms in total. The van der Waals surface area contributed by atoms with E-state index in [2.05, 4.69) is 34.7 Å². The Morgan fingerprint density at radius 2 is 2.21 bits per heavy atom. The van der Waals surface area contributed by atoms with E-state index in [0.29, 0.717) is 12.0 Å². The van der Waals surface area contributed by atoms with Crippen LogP contribution in [0.2, 0.25) is 0 Å². The van der Waals surface area contributed by atoms with E-state index in [1.165, 1.54) is 6.07 Å². The summed E-state index contributed by atoms with van der Waals surface area (Å²) >= 11 is 3.29. The lowest BCUT2D eigenvalue weighted by molar-refractivity contribution is 0.242. The fourth-order valence-corrected chi connectivity index (χ4v) is 3.11. The summed E-state index contributed by atoms with van der Waals surface area (Å²) in [6.45, 7) is 6.36. The Morgan fingerprint density at radius 3 is 2.79 bits per heavy atom. The molecule has 1 aromatic carbocycles. The van der Waals surface area contributed by atoms with Crippen LogP contribution in [0.3, 0.4) is 0 Å². The molecule has 0 aliphatic carbocycles. The minimum absolute atomic E-state index is 0.121. The Kier molecular flexibility index (Phi) is 4.98. The van der Waals surface area contributed by atoms with Gasteiger partial charge in [0, 0.05) is 23.1 Å². The van der Waals surface area contributed by atoms with E-state index in [0.717, 1.165) is 36.0 Å². The number of rotatable bonds is 4. The van der Waals surface area contributed by atoms with Gasteiger partial charge in [0.15, 0.2) is 0 Å². The van der Waals surface area contributed by atoms with Gasteiger partial charge in [-0.25, -0.2) is 4.39 Å². The van der Waals surface area contributed by atoms with Gasteiger partial charge in [-0.2, -0.15) is 0 Å². The smallest absolute Gasteiger partial charge is 0.127 e. The van der Waals surface area contributed by atoms with Crippen molar-refractivity contribution in [2.75, 3.05) is 13.1 Å². The van der Waals surface area contributed by atoms with Crippen LogP contribution in [0.15, 0.2) is 22.7 Å². The molecular weight excluding hydrogens is 307 g/mol. The lowest BCUT2D eigenvalue weighted by atomic mass is 10.0. The molecule has 1 aliphatic heterocycles. The predicted molar refractivity (Wildman–Crippen MR) is 80.6 cm³/mol. The summed E-state index contributed by atoms with van der Waals surface area (Å²) in [5.41, 5.74) is 6.75. The van der Waals surface area contributed by atoms with Crippen molar-refractivity contribution in [3.63, 3.8) is 0 Å². The maximum absolute atomic E-state index is 13.8. The van der Waals surface area contributed by atoms with E-state index < -0.39 is 0 Å². The van der Waals surface area contributed by atoms with Crippen molar-refractivity contribution in [1.82, 2.24) is 4.90 Å². The van der Waals surface area contributed by atoms with Crippen LogP contribution in [0.4, 0.5) is 4.39 Å². The van der Waals surface area contributed by atoms with Crippen LogP contribution < -0.4 is 5.73 Å². The van der Waals surface area contributed by atoms with Gasteiger partial charge >= 0.3 is 0 Å². The zero-order valence-corrected chi connectivity index (χ0v) is 13.2. The minimum atomic E-state index is -0.121. The molecule has 1 aromatic rings. The number of likely N-dealkylation sites (tertiary alicyclic amines) is 1. The van der Waals surface area contributed by atoms with Gasteiger partial charge in [0.2, 0.25) is 0 Å². The molecule has 0 saturated carbocycles. The molecule has 1 fully saturated rings. The van der Waals surface area contributed by atoms with Crippen LogP contribution >= 0.6 is 15.9 Å². The highest BCUT2D eigenvalue weighted by Gasteiger charge is 2.28. The van der Waals surface area contributed by atoms with Gasteiger partial charge in [-0.05, 0) is 56.8 Å². The Balaban J connectivity index is 1.96. The second-order valence-corrected chi connectivity index (χ2v) is 6.61. The minimum Gasteiger partial charge on any atom is -0.328 e. The Hall–Kier alpha value is -0.450. The van der Waals surface area contributed by atoms with Crippen molar-refractivity contribution >= 4 is 15.9 Å². The van der Waals surface area contributed by atoms with E-state index >= 15 is 0 Å². The molecule has 1 aliphatic rings. The van der Waals surface area contributed by atoms with Crippen molar-refractivity contribution < 1.29 is 4.39 Å². The van der Waals surface area contributed by atoms with Gasteiger partial charge in [0.1, 0.15) is 5.82 Å². The number of benzene rings is 1. The summed E-state index contributed by atoms with van der Waals surface area (Å²) in [7, 11) is 0. The van der Waals surface area contributed by atoms with Crippen LogP contribution in [0, 0.1) is 11.7 Å². The van der Waals surface area contributed by atoms with Crippen LogP contribution in [-0.2, 0) is 6.42 Å². The first-order valence-electron chi connectivity index (χ1n) is 6.91. The standard InChI is InChI=1S/C15H22BrFN2/c1-10(19-6-5-13(9-19)11(2)18)7-12-3-4-14(16)8-15(12)17/h3-4,8,10-11,13H,5-7,9,18H2,1-2H3/t10-,11+,13-/m1/s1. The molecule has 106 valence electrons. The molecule has 0 radical (unpaired) electrons. The molecule has 0 amide bonds. The van der Waals surface area contributed by atoms with Gasteiger partial charge in [-0.15, -0.1) is 0 Å². The van der Waals surface area contributed by atoms with Gasteiger partial charge in [0.25, 0.3) is 0 Å². The average Bonchev–Trinajstić information content (AvgIpc) is 2.82. The van der Waals surface area contributed by atoms with Crippen molar-refractivity contribution in [3.05, 3.63) is 34.1 Å². The maximum atomic E-state index is 13.8. The maximum Gasteiger partial charge on any atom is 0.127 e. The third-order valence-corrected chi connectivity index (χ3v) is 4.65. The molecule has 3 atom stereocenters. The van der Waals surface area contributed by atoms with E-state index in [-0.39, 0.29) is 11.9 Å². The van der Waals surface area contributed by atoms with Crippen LogP contribution in [-0.4, -0.2) is 30.1 Å². The first-order chi connectivity index (χ1) is 8.97. The van der Waals surface area contributed by atoms with Gasteiger partial charge in [-0.3, -0.25) is 4.90 Å². The lowest BCUT2D eigenvalue weighted by Gasteiger charge is -2.25. The summed E-state index contributed by atoms with van der Waals surface area (Å²) < 4.78 is 14.6. The van der Waals surface area contributed by atoms with E-state index in [9.17, 15) is 4.39 Å². The fraction of sp³-hybridized carbons (Fsp3) is 0.600. The summed E-state index contributed by atoms with van der Waals surface area (Å²) in [6.07, 6.45) is 1.91. The van der Waals surface area contributed by atoms with Crippen molar-refractivity contribution in [2.24, 2.45) is 11.7 Å². The molecule has 0 aromatic heterocycles. The van der Waals surface area contributed by atoms with Crippen molar-refractivity contribution in [2.45, 2.75) is 38.8 Å². The predicted octanol–water partition coefficient (Wildman–Crippen LogP) is 3.19. The number of nitrogens with two attached hydrogens (primary N) is 1. The topological polar surface area (TPSA) is 29.3 Å². The molecule has 0 unspecified atom stereocenters. The highest BCUT2D eigenvalue weighted by molar-refractivity contribution is 9.10. The van der Waals surface area contributed by atoms with Gasteiger partial charge in [0.05, 0.1) is 0 Å². The van der Waals surface area contributed by atoms with Crippen LogP contribution in [0.1, 0.15) is 25.8 Å². The van der Waals surface area contributed by atoms with Crippen LogP contribution in [0.25, 0.3) is 0 Å². The molecule has 19 heavy (non-hydrogen) atoms. The van der Waals surface area contributed by atoms with Gasteiger partial charge < -0.3 is 5.73 Å². The van der Waals surface area contributed by atoms with Crippen LogP contribution in [0.5, 0.6) is 0 Å². The zero-order valence-electron chi connectivity index (χ0n) is 11.6. The molecule has 2 N–H and O–H groups in total. The third kappa shape index (κ3) is 3.77. The summed E-state index contributed by atoms with van der Waals surface area (Å²) in [4.78, 5) is 2.43. The summed E-state index contributed by atoms with van der Waals surface area (Å²) in [6, 6.07) is 5.92. The van der Waals surface area contributed by atoms with E-state index in [1.807, 2.05) is 12.1 Å². The number of nitrogens with zero attached hydrogens (tertiary/aromatic N) is 1. The molecule has 2 rings (SSSR count). The second-order valence-electron chi connectivity index (χ2n) is 5.69. The SMILES string of the molecule is C[C@H](N)[C@@H]1CCN([C@H](C)Cc2ccc(Br)cc2F)C1. The highest BCUT2D eigenvalue weighted by Crippen LogP contribution is 2.23. The normalized spacial score (nSPS) is 23.5. The Morgan fingerprint density at radius 1 is 1.47 bits per heavy atom. The summed E-state index contributed by atoms with van der Waals surface area (Å²) in [5.74, 6) is 0.460. The van der Waals surface area contributed by atoms with E-state index in [4.69, 9.17) is 5.73 Å². The van der Waals surface area contributed by atoms with Crippen molar-refractivity contribution in [1.29, 1.82) is 0 Å². The molecule has 4 heteroatoms. The fourth-order valence-electron chi connectivity index (χ4n) is 2.78. The van der Waals surface area contributed by atoms with E-state index in [1.54, 1.807) is 0 Å². The van der Waals surface area contributed by atoms with Crippen molar-refractivity contribution in [3.8, 4) is 0 Å². The molecule has 1 heterocycles. The Labute approximate surface area is 123 Å². The Bertz CT molecular complexity index is 436. The molecule has 0 spiro atoms. The molecular formula is C15H22BrFN2. The zero-order chi connectivity index (χ0) is 14.0. The number of hydrogen-bond donors (Lipinski definition) is 1. The largest absolute Gasteiger partial charge is 0.328 e. The highest BCUT2D eigenvalue weighted by atomic mass is 79.9. The van der Waals surface area contributed by atoms with Gasteiger partial charge in [-0.1, -0.05) is 22.0 Å². The lowest BCUT2D eigenvalue weighted by Crippen LogP contribution is -2.35. The second kappa shape index (κ2) is 6.33. The first-order valence-corrected chi connectivity index (χ1v) is 7.70. The average molecular weight is 329 g/mol. The molecule has 0 bridgehead atoms. The molecule has 1 saturated heterocycles. The summed E-state index contributed by atoms with van der Waals surface area (Å²) in [5, 5.41) is 0. The monoisotopic (exact) mass is 328 g/mol. The first kappa shape index (κ1) is 14.9.